The van der Waals surface area contributed by atoms with Crippen LogP contribution >= 0.6 is 0 Å². The third-order valence-corrected chi connectivity index (χ3v) is 2.47. The first-order valence-electron chi connectivity index (χ1n) is 5.73. The average molecular weight is 265 g/mol. The Morgan fingerprint density at radius 2 is 1.84 bits per heavy atom. The standard InChI is InChI=1S/C13H15NO5/c14-7-10(15)5-6-12(16)19-8-9-3-1-2-4-11(9)13(17)18/h1-4H,5-8,14H2,(H,17,18). The van der Waals surface area contributed by atoms with Crippen LogP contribution in [0.25, 0.3) is 0 Å². The molecule has 0 aromatic heterocycles. The first-order chi connectivity index (χ1) is 9.04. The van der Waals surface area contributed by atoms with E-state index in [0.29, 0.717) is 5.56 Å². The highest BCUT2D eigenvalue weighted by molar-refractivity contribution is 5.89. The highest BCUT2D eigenvalue weighted by atomic mass is 16.5. The molecule has 0 aliphatic heterocycles. The Hall–Kier alpha value is -2.21. The molecule has 0 fully saturated rings. The van der Waals surface area contributed by atoms with Crippen LogP contribution in [0, 0.1) is 0 Å². The van der Waals surface area contributed by atoms with E-state index in [1.165, 1.54) is 6.07 Å². The van der Waals surface area contributed by atoms with Crippen LogP contribution in [0.5, 0.6) is 0 Å². The number of carboxylic acids is 1. The summed E-state index contributed by atoms with van der Waals surface area (Å²) in [6.07, 6.45) is -0.0127. The van der Waals surface area contributed by atoms with E-state index >= 15 is 0 Å². The first-order valence-corrected chi connectivity index (χ1v) is 5.73. The van der Waals surface area contributed by atoms with Gasteiger partial charge in [-0.1, -0.05) is 18.2 Å². The normalized spacial score (nSPS) is 9.95. The summed E-state index contributed by atoms with van der Waals surface area (Å²) in [5.74, 6) is -1.85. The zero-order valence-electron chi connectivity index (χ0n) is 10.3. The Balaban J connectivity index is 2.51. The van der Waals surface area contributed by atoms with Gasteiger partial charge in [-0.15, -0.1) is 0 Å². The molecule has 1 aromatic carbocycles. The van der Waals surface area contributed by atoms with Crippen molar-refractivity contribution >= 4 is 17.7 Å². The SMILES string of the molecule is NCC(=O)CCC(=O)OCc1ccccc1C(=O)O. The second kappa shape index (κ2) is 7.27. The number of esters is 1. The summed E-state index contributed by atoms with van der Waals surface area (Å²) in [4.78, 5) is 33.2. The van der Waals surface area contributed by atoms with Gasteiger partial charge in [0.1, 0.15) is 12.4 Å². The van der Waals surface area contributed by atoms with Gasteiger partial charge in [0.2, 0.25) is 0 Å². The lowest BCUT2D eigenvalue weighted by molar-refractivity contribution is -0.146. The lowest BCUT2D eigenvalue weighted by atomic mass is 10.1. The van der Waals surface area contributed by atoms with E-state index in [4.69, 9.17) is 15.6 Å². The number of carbonyl (C=O) groups excluding carboxylic acids is 2. The summed E-state index contributed by atoms with van der Waals surface area (Å²) in [5.41, 5.74) is 5.61. The maximum absolute atomic E-state index is 11.4. The molecule has 6 nitrogen and oxygen atoms in total. The van der Waals surface area contributed by atoms with Crippen LogP contribution in [0.4, 0.5) is 0 Å². The molecular formula is C13H15NO5. The van der Waals surface area contributed by atoms with Crippen LogP contribution in [0.15, 0.2) is 24.3 Å². The Morgan fingerprint density at radius 1 is 1.16 bits per heavy atom. The molecule has 0 radical (unpaired) electrons. The molecular weight excluding hydrogens is 250 g/mol. The molecule has 0 unspecified atom stereocenters. The second-order valence-electron chi connectivity index (χ2n) is 3.87. The number of ether oxygens (including phenoxy) is 1. The van der Waals surface area contributed by atoms with Crippen molar-refractivity contribution in [2.24, 2.45) is 5.73 Å². The number of carboxylic acid groups (broad SMARTS) is 1. The third kappa shape index (κ3) is 4.89. The second-order valence-corrected chi connectivity index (χ2v) is 3.87. The Morgan fingerprint density at radius 3 is 2.47 bits per heavy atom. The molecule has 0 aliphatic carbocycles. The van der Waals surface area contributed by atoms with Gasteiger partial charge in [-0.25, -0.2) is 4.79 Å². The topological polar surface area (TPSA) is 107 Å². The first kappa shape index (κ1) is 14.8. The van der Waals surface area contributed by atoms with Gasteiger partial charge in [0, 0.05) is 12.0 Å². The van der Waals surface area contributed by atoms with Crippen LogP contribution in [-0.4, -0.2) is 29.4 Å². The predicted molar refractivity (Wildman–Crippen MR) is 66.5 cm³/mol. The molecule has 0 atom stereocenters. The number of Topliss-reactive ketones (excluding diaryl/α,β-unsaturated/α-hetero) is 1. The van der Waals surface area contributed by atoms with Gasteiger partial charge in [0.05, 0.1) is 18.5 Å². The summed E-state index contributed by atoms with van der Waals surface area (Å²) in [6, 6.07) is 6.26. The van der Waals surface area contributed by atoms with Crippen molar-refractivity contribution in [3.63, 3.8) is 0 Å². The number of carbonyl (C=O) groups is 3. The summed E-state index contributed by atoms with van der Waals surface area (Å²) in [6.45, 7) is -0.229. The molecule has 0 saturated carbocycles. The number of rotatable bonds is 7. The van der Waals surface area contributed by atoms with Crippen molar-refractivity contribution in [1.82, 2.24) is 0 Å². The van der Waals surface area contributed by atoms with E-state index in [9.17, 15) is 14.4 Å². The van der Waals surface area contributed by atoms with Gasteiger partial charge < -0.3 is 15.6 Å². The van der Waals surface area contributed by atoms with Gasteiger partial charge in [0.25, 0.3) is 0 Å². The summed E-state index contributed by atoms with van der Waals surface area (Å²) >= 11 is 0. The van der Waals surface area contributed by atoms with Crippen LogP contribution in [0.3, 0.4) is 0 Å². The van der Waals surface area contributed by atoms with Crippen LogP contribution in [0.1, 0.15) is 28.8 Å². The monoisotopic (exact) mass is 265 g/mol. The number of ketones is 1. The highest BCUT2D eigenvalue weighted by Crippen LogP contribution is 2.10. The lowest BCUT2D eigenvalue weighted by Crippen LogP contribution is -2.15. The van der Waals surface area contributed by atoms with E-state index in [1.807, 2.05) is 0 Å². The highest BCUT2D eigenvalue weighted by Gasteiger charge is 2.11. The smallest absolute Gasteiger partial charge is 0.336 e. The minimum absolute atomic E-state index is 0.0376. The van der Waals surface area contributed by atoms with Crippen molar-refractivity contribution in [3.05, 3.63) is 35.4 Å². The van der Waals surface area contributed by atoms with Crippen molar-refractivity contribution in [2.75, 3.05) is 6.54 Å². The molecule has 6 heteroatoms. The largest absolute Gasteiger partial charge is 0.478 e. The number of benzene rings is 1. The number of hydrogen-bond acceptors (Lipinski definition) is 5. The Kier molecular flexibility index (Phi) is 5.69. The number of nitrogens with two attached hydrogens (primary N) is 1. The fraction of sp³-hybridized carbons (Fsp3) is 0.308. The summed E-state index contributed by atoms with van der Waals surface area (Å²) < 4.78 is 4.92. The number of aromatic carboxylic acids is 1. The van der Waals surface area contributed by atoms with E-state index in [1.54, 1.807) is 18.2 Å². The van der Waals surface area contributed by atoms with Crippen molar-refractivity contribution < 1.29 is 24.2 Å². The van der Waals surface area contributed by atoms with E-state index in [2.05, 4.69) is 0 Å². The van der Waals surface area contributed by atoms with Gasteiger partial charge in [-0.2, -0.15) is 0 Å². The van der Waals surface area contributed by atoms with E-state index < -0.39 is 11.9 Å². The Labute approximate surface area is 110 Å². The number of hydrogen-bond donors (Lipinski definition) is 2. The molecule has 19 heavy (non-hydrogen) atoms. The fourth-order valence-corrected chi connectivity index (χ4v) is 1.43. The summed E-state index contributed by atoms with van der Waals surface area (Å²) in [7, 11) is 0. The molecule has 0 spiro atoms. The average Bonchev–Trinajstić information content (AvgIpc) is 2.42. The predicted octanol–water partition coefficient (Wildman–Crippen LogP) is 0.736. The lowest BCUT2D eigenvalue weighted by Gasteiger charge is -2.07. The zero-order valence-corrected chi connectivity index (χ0v) is 10.3. The zero-order chi connectivity index (χ0) is 14.3. The van der Waals surface area contributed by atoms with Crippen LogP contribution in [-0.2, 0) is 20.9 Å². The van der Waals surface area contributed by atoms with E-state index in [0.717, 1.165) is 0 Å². The third-order valence-electron chi connectivity index (χ3n) is 2.47. The van der Waals surface area contributed by atoms with E-state index in [-0.39, 0.29) is 37.3 Å². The maximum Gasteiger partial charge on any atom is 0.336 e. The van der Waals surface area contributed by atoms with Crippen molar-refractivity contribution in [1.29, 1.82) is 0 Å². The quantitative estimate of drug-likeness (QED) is 0.704. The molecule has 0 aliphatic rings. The fourth-order valence-electron chi connectivity index (χ4n) is 1.43. The van der Waals surface area contributed by atoms with Gasteiger partial charge in [-0.3, -0.25) is 9.59 Å². The minimum atomic E-state index is -1.08. The maximum atomic E-state index is 11.4. The van der Waals surface area contributed by atoms with Crippen LogP contribution < -0.4 is 5.73 Å². The molecule has 1 rings (SSSR count). The molecule has 102 valence electrons. The molecule has 3 N–H and O–H groups in total. The van der Waals surface area contributed by atoms with Gasteiger partial charge in [-0.05, 0) is 6.07 Å². The molecule has 0 heterocycles. The molecule has 1 aromatic rings. The van der Waals surface area contributed by atoms with Gasteiger partial charge in [0.15, 0.2) is 0 Å². The molecule has 0 saturated heterocycles. The van der Waals surface area contributed by atoms with Crippen molar-refractivity contribution in [3.8, 4) is 0 Å². The Bertz CT molecular complexity index is 484. The summed E-state index contributed by atoms with van der Waals surface area (Å²) in [5, 5.41) is 8.94. The van der Waals surface area contributed by atoms with Crippen LogP contribution in [0.2, 0.25) is 0 Å². The minimum Gasteiger partial charge on any atom is -0.478 e. The van der Waals surface area contributed by atoms with Crippen molar-refractivity contribution in [2.45, 2.75) is 19.4 Å². The molecule has 0 amide bonds. The van der Waals surface area contributed by atoms with Gasteiger partial charge >= 0.3 is 11.9 Å². The molecule has 0 bridgehead atoms.